The number of aromatic nitrogens is 1. The summed E-state index contributed by atoms with van der Waals surface area (Å²) in [5.41, 5.74) is 1.20. The Kier molecular flexibility index (Phi) is 5.22. The summed E-state index contributed by atoms with van der Waals surface area (Å²) in [6.45, 7) is 5.87. The van der Waals surface area contributed by atoms with Crippen LogP contribution in [0.15, 0.2) is 18.3 Å². The van der Waals surface area contributed by atoms with E-state index in [1.165, 1.54) is 0 Å². The van der Waals surface area contributed by atoms with Crippen molar-refractivity contribution in [1.29, 1.82) is 0 Å². The highest BCUT2D eigenvalue weighted by Gasteiger charge is 2.17. The monoisotopic (exact) mass is 237 g/mol. The fourth-order valence-electron chi connectivity index (χ4n) is 1.74. The van der Waals surface area contributed by atoms with E-state index in [2.05, 4.69) is 29.5 Å². The van der Waals surface area contributed by atoms with Crippen molar-refractivity contribution in [3.8, 4) is 0 Å². The molecule has 0 saturated carbocycles. The number of hydrogen-bond acceptors (Lipinski definition) is 2. The van der Waals surface area contributed by atoms with E-state index in [0.717, 1.165) is 18.7 Å². The Bertz CT molecular complexity index is 330. The second-order valence-electron chi connectivity index (χ2n) is 5.17. The van der Waals surface area contributed by atoms with Gasteiger partial charge in [0.1, 0.15) is 0 Å². The summed E-state index contributed by atoms with van der Waals surface area (Å²) in [6, 6.07) is 3.95. The van der Waals surface area contributed by atoms with E-state index in [1.807, 2.05) is 25.4 Å². The molecule has 1 aromatic heterocycles. The van der Waals surface area contributed by atoms with Crippen LogP contribution < -0.4 is 10.6 Å². The maximum absolute atomic E-state index is 11.6. The van der Waals surface area contributed by atoms with E-state index < -0.39 is 0 Å². The minimum absolute atomic E-state index is 0.0941. The summed E-state index contributed by atoms with van der Waals surface area (Å²) in [7, 11) is 1.93. The molecule has 96 valence electrons. The summed E-state index contributed by atoms with van der Waals surface area (Å²) in [5.74, 6) is 0.115. The zero-order valence-corrected chi connectivity index (χ0v) is 11.0. The van der Waals surface area contributed by atoms with Crippen LogP contribution in [0.1, 0.15) is 26.0 Å². The van der Waals surface area contributed by atoms with E-state index in [0.29, 0.717) is 13.0 Å². The van der Waals surface area contributed by atoms with Gasteiger partial charge in [-0.15, -0.1) is 0 Å². The van der Waals surface area contributed by atoms with Crippen molar-refractivity contribution in [3.63, 3.8) is 0 Å². The summed E-state index contributed by atoms with van der Waals surface area (Å²) >= 11 is 0. The fourth-order valence-corrected chi connectivity index (χ4v) is 1.74. The van der Waals surface area contributed by atoms with Crippen LogP contribution in [-0.2, 0) is 11.2 Å². The molecule has 0 unspecified atom stereocenters. The molecule has 0 fully saturated rings. The Morgan fingerprint density at radius 3 is 2.76 bits per heavy atom. The molecular formula is C13H23N3O. The summed E-state index contributed by atoms with van der Waals surface area (Å²) in [4.78, 5) is 14.7. The molecule has 0 saturated heterocycles. The standard InChI is InChI=1S/C13H23N3O/c1-13(2,9-14-3)10-16-12(17)7-6-11-5-4-8-15-11/h4-5,8,14-15H,6-7,9-10H2,1-3H3,(H,16,17). The second kappa shape index (κ2) is 6.45. The molecule has 0 atom stereocenters. The van der Waals surface area contributed by atoms with Crippen molar-refractivity contribution in [1.82, 2.24) is 15.6 Å². The lowest BCUT2D eigenvalue weighted by Crippen LogP contribution is -2.39. The molecule has 0 bridgehead atoms. The first-order chi connectivity index (χ1) is 8.03. The van der Waals surface area contributed by atoms with Gasteiger partial charge in [0.15, 0.2) is 0 Å². The molecule has 0 radical (unpaired) electrons. The topological polar surface area (TPSA) is 56.9 Å². The molecule has 0 aliphatic rings. The van der Waals surface area contributed by atoms with Gasteiger partial charge < -0.3 is 15.6 Å². The van der Waals surface area contributed by atoms with Crippen LogP contribution in [0, 0.1) is 5.41 Å². The lowest BCUT2D eigenvalue weighted by molar-refractivity contribution is -0.121. The second-order valence-corrected chi connectivity index (χ2v) is 5.17. The molecule has 0 aromatic carbocycles. The molecule has 0 aliphatic heterocycles. The zero-order chi connectivity index (χ0) is 12.7. The third kappa shape index (κ3) is 5.54. The van der Waals surface area contributed by atoms with E-state index in [1.54, 1.807) is 0 Å². The van der Waals surface area contributed by atoms with Gasteiger partial charge in [-0.05, 0) is 31.0 Å². The third-order valence-corrected chi connectivity index (χ3v) is 2.70. The maximum atomic E-state index is 11.6. The van der Waals surface area contributed by atoms with Crippen LogP contribution in [0.3, 0.4) is 0 Å². The Balaban J connectivity index is 2.21. The van der Waals surface area contributed by atoms with Crippen LogP contribution in [0.25, 0.3) is 0 Å². The van der Waals surface area contributed by atoms with Crippen molar-refractivity contribution < 1.29 is 4.79 Å². The van der Waals surface area contributed by atoms with E-state index >= 15 is 0 Å². The average molecular weight is 237 g/mol. The number of amides is 1. The summed E-state index contributed by atoms with van der Waals surface area (Å²) in [6.07, 6.45) is 3.19. The molecule has 4 nitrogen and oxygen atoms in total. The quantitative estimate of drug-likeness (QED) is 0.669. The highest BCUT2D eigenvalue weighted by Crippen LogP contribution is 2.11. The highest BCUT2D eigenvalue weighted by atomic mass is 16.1. The number of carbonyl (C=O) groups excluding carboxylic acids is 1. The number of rotatable bonds is 7. The lowest BCUT2D eigenvalue weighted by atomic mass is 9.93. The first-order valence-electron chi connectivity index (χ1n) is 6.07. The van der Waals surface area contributed by atoms with Gasteiger partial charge in [-0.3, -0.25) is 4.79 Å². The van der Waals surface area contributed by atoms with E-state index in [4.69, 9.17) is 0 Å². The summed E-state index contributed by atoms with van der Waals surface area (Å²) < 4.78 is 0. The first kappa shape index (κ1) is 13.8. The Labute approximate surface area is 103 Å². The third-order valence-electron chi connectivity index (χ3n) is 2.70. The Morgan fingerprint density at radius 1 is 1.41 bits per heavy atom. The molecule has 3 N–H and O–H groups in total. The Hall–Kier alpha value is -1.29. The van der Waals surface area contributed by atoms with Crippen LogP contribution in [0.2, 0.25) is 0 Å². The van der Waals surface area contributed by atoms with Crippen LogP contribution in [-0.4, -0.2) is 31.0 Å². The van der Waals surface area contributed by atoms with Gasteiger partial charge in [0, 0.05) is 31.4 Å². The minimum Gasteiger partial charge on any atom is -0.365 e. The molecule has 1 heterocycles. The zero-order valence-electron chi connectivity index (χ0n) is 11.0. The van der Waals surface area contributed by atoms with Crippen LogP contribution >= 0.6 is 0 Å². The van der Waals surface area contributed by atoms with Crippen molar-refractivity contribution in [2.45, 2.75) is 26.7 Å². The van der Waals surface area contributed by atoms with Gasteiger partial charge in [0.25, 0.3) is 0 Å². The first-order valence-corrected chi connectivity index (χ1v) is 6.07. The van der Waals surface area contributed by atoms with E-state index in [9.17, 15) is 4.79 Å². The minimum atomic E-state index is 0.0941. The Morgan fingerprint density at radius 2 is 2.18 bits per heavy atom. The predicted octanol–water partition coefficient (Wildman–Crippen LogP) is 1.31. The van der Waals surface area contributed by atoms with Crippen molar-refractivity contribution in [2.75, 3.05) is 20.1 Å². The lowest BCUT2D eigenvalue weighted by Gasteiger charge is -2.24. The summed E-state index contributed by atoms with van der Waals surface area (Å²) in [5, 5.41) is 6.11. The van der Waals surface area contributed by atoms with Gasteiger partial charge in [-0.2, -0.15) is 0 Å². The smallest absolute Gasteiger partial charge is 0.220 e. The van der Waals surface area contributed by atoms with Crippen molar-refractivity contribution >= 4 is 5.91 Å². The number of aromatic amines is 1. The molecule has 1 aromatic rings. The molecular weight excluding hydrogens is 214 g/mol. The van der Waals surface area contributed by atoms with Crippen LogP contribution in [0.4, 0.5) is 0 Å². The highest BCUT2D eigenvalue weighted by molar-refractivity contribution is 5.76. The normalized spacial score (nSPS) is 11.5. The fraction of sp³-hybridized carbons (Fsp3) is 0.615. The largest absolute Gasteiger partial charge is 0.365 e. The average Bonchev–Trinajstić information content (AvgIpc) is 2.76. The van der Waals surface area contributed by atoms with Gasteiger partial charge in [0.05, 0.1) is 0 Å². The molecule has 0 spiro atoms. The van der Waals surface area contributed by atoms with Gasteiger partial charge in [-0.25, -0.2) is 0 Å². The predicted molar refractivity (Wildman–Crippen MR) is 69.8 cm³/mol. The molecule has 0 aliphatic carbocycles. The number of nitrogens with one attached hydrogen (secondary N) is 3. The van der Waals surface area contributed by atoms with Gasteiger partial charge in [0.2, 0.25) is 5.91 Å². The number of H-pyrrole nitrogens is 1. The van der Waals surface area contributed by atoms with Crippen LogP contribution in [0.5, 0.6) is 0 Å². The number of carbonyl (C=O) groups is 1. The van der Waals surface area contributed by atoms with Gasteiger partial charge >= 0.3 is 0 Å². The maximum Gasteiger partial charge on any atom is 0.220 e. The van der Waals surface area contributed by atoms with Crippen molar-refractivity contribution in [2.24, 2.45) is 5.41 Å². The SMILES string of the molecule is CNCC(C)(C)CNC(=O)CCc1ccc[nH]1. The van der Waals surface area contributed by atoms with Gasteiger partial charge in [-0.1, -0.05) is 13.8 Å². The molecule has 1 rings (SSSR count). The number of hydrogen-bond donors (Lipinski definition) is 3. The molecule has 17 heavy (non-hydrogen) atoms. The van der Waals surface area contributed by atoms with E-state index in [-0.39, 0.29) is 11.3 Å². The molecule has 4 heteroatoms. The number of aryl methyl sites for hydroxylation is 1. The molecule has 1 amide bonds. The van der Waals surface area contributed by atoms with Crippen molar-refractivity contribution in [3.05, 3.63) is 24.0 Å².